The number of benzene rings is 3. The fourth-order valence-corrected chi connectivity index (χ4v) is 4.90. The zero-order valence-corrected chi connectivity index (χ0v) is 22.6. The van der Waals surface area contributed by atoms with Crippen LogP contribution in [-0.2, 0) is 0 Å². The van der Waals surface area contributed by atoms with Crippen molar-refractivity contribution in [3.8, 4) is 5.75 Å². The maximum absolute atomic E-state index is 13.2. The molecule has 9 heteroatoms. The van der Waals surface area contributed by atoms with Crippen LogP contribution in [0.1, 0.15) is 34.6 Å². The van der Waals surface area contributed by atoms with Gasteiger partial charge in [0.05, 0.1) is 18.4 Å². The number of piperazine rings is 1. The Morgan fingerprint density at radius 3 is 2.08 bits per heavy atom. The van der Waals surface area contributed by atoms with Crippen molar-refractivity contribution in [1.29, 1.82) is 0 Å². The van der Waals surface area contributed by atoms with Gasteiger partial charge in [-0.25, -0.2) is 0 Å². The summed E-state index contributed by atoms with van der Waals surface area (Å²) in [6, 6.07) is 18.0. The van der Waals surface area contributed by atoms with E-state index in [2.05, 4.69) is 26.5 Å². The Morgan fingerprint density at radius 1 is 0.838 bits per heavy atom. The molecular weight excluding hydrogens is 511 g/mol. The summed E-state index contributed by atoms with van der Waals surface area (Å²) in [5.41, 5.74) is 3.22. The molecule has 194 valence electrons. The summed E-state index contributed by atoms with van der Waals surface area (Å²) < 4.78 is 5.53. The highest BCUT2D eigenvalue weighted by Gasteiger charge is 2.24. The summed E-state index contributed by atoms with van der Waals surface area (Å²) in [6.45, 7) is 6.84. The van der Waals surface area contributed by atoms with Crippen LogP contribution in [0.5, 0.6) is 5.75 Å². The smallest absolute Gasteiger partial charge is 0.255 e. The molecule has 2 N–H and O–H groups in total. The van der Waals surface area contributed by atoms with Crippen LogP contribution in [0.15, 0.2) is 60.7 Å². The minimum absolute atomic E-state index is 0.0328. The lowest BCUT2D eigenvalue weighted by Crippen LogP contribution is -2.47. The molecule has 3 aromatic rings. The van der Waals surface area contributed by atoms with Crippen LogP contribution in [0.3, 0.4) is 0 Å². The molecule has 7 nitrogen and oxygen atoms in total. The molecule has 2 amide bonds. The standard InChI is InChI=1S/C28H30Cl2N4O3/c1-18(2)31-28(36)23-17-22(32-27(35)19-14-20(29)16-21(30)15-19)8-9-24(23)33-10-12-34(13-11-33)25-6-4-5-7-26(25)37-3/h4-9,14-18H,10-13H2,1-3H3,(H,31,36)(H,32,35). The van der Waals surface area contributed by atoms with Gasteiger partial charge in [0.25, 0.3) is 11.8 Å². The van der Waals surface area contributed by atoms with E-state index < -0.39 is 0 Å². The molecule has 1 saturated heterocycles. The van der Waals surface area contributed by atoms with E-state index in [1.54, 1.807) is 37.4 Å². The topological polar surface area (TPSA) is 73.9 Å². The maximum Gasteiger partial charge on any atom is 0.255 e. The van der Waals surface area contributed by atoms with E-state index in [9.17, 15) is 9.59 Å². The predicted molar refractivity (Wildman–Crippen MR) is 151 cm³/mol. The third-order valence-electron chi connectivity index (χ3n) is 6.09. The molecule has 0 atom stereocenters. The van der Waals surface area contributed by atoms with E-state index in [0.29, 0.717) is 26.9 Å². The summed E-state index contributed by atoms with van der Waals surface area (Å²) in [5, 5.41) is 6.58. The molecule has 1 heterocycles. The monoisotopic (exact) mass is 540 g/mol. The van der Waals surface area contributed by atoms with E-state index in [0.717, 1.165) is 43.3 Å². The largest absolute Gasteiger partial charge is 0.495 e. The van der Waals surface area contributed by atoms with Crippen molar-refractivity contribution in [1.82, 2.24) is 5.32 Å². The van der Waals surface area contributed by atoms with Crippen LogP contribution in [0, 0.1) is 0 Å². The fourth-order valence-electron chi connectivity index (χ4n) is 4.38. The summed E-state index contributed by atoms with van der Waals surface area (Å²) in [4.78, 5) is 30.5. The van der Waals surface area contributed by atoms with Crippen LogP contribution >= 0.6 is 23.2 Å². The molecule has 0 unspecified atom stereocenters. The lowest BCUT2D eigenvalue weighted by molar-refractivity contribution is 0.0942. The number of carbonyl (C=O) groups excluding carboxylic acids is 2. The van der Waals surface area contributed by atoms with Crippen molar-refractivity contribution >= 4 is 52.1 Å². The van der Waals surface area contributed by atoms with Crippen LogP contribution in [0.4, 0.5) is 17.1 Å². The Hall–Kier alpha value is -3.42. The van der Waals surface area contributed by atoms with E-state index in [-0.39, 0.29) is 17.9 Å². The van der Waals surface area contributed by atoms with Crippen LogP contribution < -0.4 is 25.2 Å². The van der Waals surface area contributed by atoms with Crippen molar-refractivity contribution in [2.24, 2.45) is 0 Å². The Morgan fingerprint density at radius 2 is 1.46 bits per heavy atom. The molecule has 3 aromatic carbocycles. The minimum Gasteiger partial charge on any atom is -0.495 e. The molecule has 1 aliphatic rings. The second-order valence-corrected chi connectivity index (χ2v) is 9.99. The van der Waals surface area contributed by atoms with Gasteiger partial charge in [-0.05, 0) is 62.4 Å². The molecule has 0 aliphatic carbocycles. The highest BCUT2D eigenvalue weighted by Crippen LogP contribution is 2.31. The summed E-state index contributed by atoms with van der Waals surface area (Å²) in [6.07, 6.45) is 0. The molecule has 0 spiro atoms. The quantitative estimate of drug-likeness (QED) is 0.401. The number of hydrogen-bond acceptors (Lipinski definition) is 5. The number of hydrogen-bond donors (Lipinski definition) is 2. The van der Waals surface area contributed by atoms with Crippen LogP contribution in [-0.4, -0.2) is 51.1 Å². The Bertz CT molecular complexity index is 1270. The van der Waals surface area contributed by atoms with Gasteiger partial charge in [0.15, 0.2) is 0 Å². The highest BCUT2D eigenvalue weighted by atomic mass is 35.5. The second kappa shape index (κ2) is 11.8. The molecule has 0 bridgehead atoms. The first kappa shape index (κ1) is 26.6. The number of rotatable bonds is 7. The molecule has 1 aliphatic heterocycles. The second-order valence-electron chi connectivity index (χ2n) is 9.12. The fraction of sp³-hybridized carbons (Fsp3) is 0.286. The van der Waals surface area contributed by atoms with Gasteiger partial charge >= 0.3 is 0 Å². The first-order chi connectivity index (χ1) is 17.7. The summed E-state index contributed by atoms with van der Waals surface area (Å²) in [5.74, 6) is 0.283. The lowest BCUT2D eigenvalue weighted by Gasteiger charge is -2.38. The Kier molecular flexibility index (Phi) is 8.46. The molecule has 0 saturated carbocycles. The normalized spacial score (nSPS) is 13.5. The molecular formula is C28H30Cl2N4O3. The predicted octanol–water partition coefficient (Wildman–Crippen LogP) is 5.72. The van der Waals surface area contributed by atoms with Crippen molar-refractivity contribution in [2.75, 3.05) is 48.4 Å². The average molecular weight is 541 g/mol. The number of methoxy groups -OCH3 is 1. The van der Waals surface area contributed by atoms with Gasteiger partial charge in [-0.1, -0.05) is 35.3 Å². The number of nitrogens with one attached hydrogen (secondary N) is 2. The SMILES string of the molecule is COc1ccccc1N1CCN(c2ccc(NC(=O)c3cc(Cl)cc(Cl)c3)cc2C(=O)NC(C)C)CC1. The number of nitrogens with zero attached hydrogens (tertiary/aromatic N) is 2. The minimum atomic E-state index is -0.363. The summed E-state index contributed by atoms with van der Waals surface area (Å²) in [7, 11) is 1.68. The van der Waals surface area contributed by atoms with Gasteiger partial charge in [0.1, 0.15) is 5.75 Å². The van der Waals surface area contributed by atoms with Crippen molar-refractivity contribution in [3.05, 3.63) is 81.8 Å². The van der Waals surface area contributed by atoms with E-state index >= 15 is 0 Å². The lowest BCUT2D eigenvalue weighted by atomic mass is 10.1. The van der Waals surface area contributed by atoms with Crippen molar-refractivity contribution in [2.45, 2.75) is 19.9 Å². The van der Waals surface area contributed by atoms with Crippen LogP contribution in [0.2, 0.25) is 10.0 Å². The molecule has 0 radical (unpaired) electrons. The Labute approximate surface area is 227 Å². The number of anilines is 3. The van der Waals surface area contributed by atoms with E-state index in [1.165, 1.54) is 0 Å². The third-order valence-corrected chi connectivity index (χ3v) is 6.53. The van der Waals surface area contributed by atoms with Crippen molar-refractivity contribution < 1.29 is 14.3 Å². The maximum atomic E-state index is 13.2. The van der Waals surface area contributed by atoms with Gasteiger partial charge < -0.3 is 25.2 Å². The zero-order valence-electron chi connectivity index (χ0n) is 21.1. The number of para-hydroxylation sites is 2. The number of ether oxygens (including phenoxy) is 1. The van der Waals surface area contributed by atoms with Crippen LogP contribution in [0.25, 0.3) is 0 Å². The van der Waals surface area contributed by atoms with E-state index in [4.69, 9.17) is 27.9 Å². The first-order valence-corrected chi connectivity index (χ1v) is 12.9. The first-order valence-electron chi connectivity index (χ1n) is 12.1. The van der Waals surface area contributed by atoms with E-state index in [1.807, 2.05) is 38.1 Å². The highest BCUT2D eigenvalue weighted by molar-refractivity contribution is 6.35. The van der Waals surface area contributed by atoms with Gasteiger partial charge in [-0.2, -0.15) is 0 Å². The van der Waals surface area contributed by atoms with Gasteiger partial charge in [-0.15, -0.1) is 0 Å². The molecule has 37 heavy (non-hydrogen) atoms. The number of amides is 2. The number of carbonyl (C=O) groups is 2. The van der Waals surface area contributed by atoms with Gasteiger partial charge in [0, 0.05) is 59.2 Å². The summed E-state index contributed by atoms with van der Waals surface area (Å²) >= 11 is 12.1. The molecule has 4 rings (SSSR count). The molecule has 0 aromatic heterocycles. The van der Waals surface area contributed by atoms with Gasteiger partial charge in [0.2, 0.25) is 0 Å². The van der Waals surface area contributed by atoms with Crippen molar-refractivity contribution in [3.63, 3.8) is 0 Å². The zero-order chi connectivity index (χ0) is 26.5. The average Bonchev–Trinajstić information content (AvgIpc) is 2.88. The third kappa shape index (κ3) is 6.48. The van der Waals surface area contributed by atoms with Gasteiger partial charge in [-0.3, -0.25) is 9.59 Å². The molecule has 1 fully saturated rings. The Balaban J connectivity index is 1.56. The number of halogens is 2.